The van der Waals surface area contributed by atoms with Gasteiger partial charge in [-0.25, -0.2) is 4.99 Å². The van der Waals surface area contributed by atoms with Crippen LogP contribution in [-0.4, -0.2) is 37.9 Å². The number of nitrogens with zero attached hydrogens (tertiary/aromatic N) is 1. The van der Waals surface area contributed by atoms with Crippen molar-refractivity contribution in [3.8, 4) is 5.75 Å². The Morgan fingerprint density at radius 3 is 3.00 bits per heavy atom. The molecule has 1 aliphatic carbocycles. The average Bonchev–Trinajstić information content (AvgIpc) is 3.10. The third kappa shape index (κ3) is 3.73. The van der Waals surface area contributed by atoms with E-state index in [9.17, 15) is 0 Å². The fourth-order valence-electron chi connectivity index (χ4n) is 4.17. The lowest BCUT2D eigenvalue weighted by Crippen LogP contribution is -2.67. The lowest BCUT2D eigenvalue weighted by molar-refractivity contribution is -0.106. The summed E-state index contributed by atoms with van der Waals surface area (Å²) in [6.07, 6.45) is 3.25. The van der Waals surface area contributed by atoms with Crippen molar-refractivity contribution in [1.29, 1.82) is 0 Å². The van der Waals surface area contributed by atoms with E-state index in [4.69, 9.17) is 14.5 Å². The van der Waals surface area contributed by atoms with Crippen molar-refractivity contribution >= 4 is 5.96 Å². The Morgan fingerprint density at radius 2 is 2.23 bits per heavy atom. The molecule has 5 heteroatoms. The predicted molar refractivity (Wildman–Crippen MR) is 106 cm³/mol. The third-order valence-electron chi connectivity index (χ3n) is 5.47. The SMILES string of the molecule is C=CCOc1ccccc1CN=C(NCC)NC1C2CCOC2C1(C)C. The van der Waals surface area contributed by atoms with Crippen LogP contribution in [0.1, 0.15) is 32.8 Å². The molecule has 2 aliphatic rings. The van der Waals surface area contributed by atoms with Crippen LogP contribution in [0.25, 0.3) is 0 Å². The molecule has 0 aromatic heterocycles. The van der Waals surface area contributed by atoms with E-state index in [0.717, 1.165) is 36.8 Å². The maximum absolute atomic E-state index is 5.90. The summed E-state index contributed by atoms with van der Waals surface area (Å²) in [6, 6.07) is 8.41. The van der Waals surface area contributed by atoms with Gasteiger partial charge in [0.1, 0.15) is 12.4 Å². The first-order valence-corrected chi connectivity index (χ1v) is 9.56. The minimum absolute atomic E-state index is 0.127. The van der Waals surface area contributed by atoms with Crippen molar-refractivity contribution in [3.05, 3.63) is 42.5 Å². The van der Waals surface area contributed by atoms with Gasteiger partial charge in [-0.1, -0.05) is 44.7 Å². The number of ether oxygens (including phenoxy) is 2. The highest BCUT2D eigenvalue weighted by molar-refractivity contribution is 5.80. The van der Waals surface area contributed by atoms with Crippen LogP contribution in [0.5, 0.6) is 5.75 Å². The fourth-order valence-corrected chi connectivity index (χ4v) is 4.17. The van der Waals surface area contributed by atoms with Gasteiger partial charge in [-0.3, -0.25) is 0 Å². The molecular formula is C21H31N3O2. The normalized spacial score (nSPS) is 26.6. The molecular weight excluding hydrogens is 326 g/mol. The van der Waals surface area contributed by atoms with Crippen molar-refractivity contribution in [2.75, 3.05) is 19.8 Å². The zero-order chi connectivity index (χ0) is 18.6. The van der Waals surface area contributed by atoms with Gasteiger partial charge in [-0.15, -0.1) is 0 Å². The Balaban J connectivity index is 1.69. The Kier molecular flexibility index (Phi) is 5.87. The quantitative estimate of drug-likeness (QED) is 0.447. The molecule has 0 bridgehead atoms. The summed E-state index contributed by atoms with van der Waals surface area (Å²) >= 11 is 0. The summed E-state index contributed by atoms with van der Waals surface area (Å²) in [6.45, 7) is 13.1. The van der Waals surface area contributed by atoms with Gasteiger partial charge >= 0.3 is 0 Å². The molecule has 3 rings (SSSR count). The summed E-state index contributed by atoms with van der Waals surface area (Å²) in [5.74, 6) is 2.30. The first-order chi connectivity index (χ1) is 12.6. The summed E-state index contributed by atoms with van der Waals surface area (Å²) < 4.78 is 11.6. The Bertz CT molecular complexity index is 656. The van der Waals surface area contributed by atoms with Gasteiger partial charge in [0.05, 0.1) is 12.6 Å². The first-order valence-electron chi connectivity index (χ1n) is 9.56. The van der Waals surface area contributed by atoms with Gasteiger partial charge in [0, 0.05) is 36.1 Å². The molecule has 2 fully saturated rings. The monoisotopic (exact) mass is 357 g/mol. The second-order valence-corrected chi connectivity index (χ2v) is 7.59. The molecule has 26 heavy (non-hydrogen) atoms. The highest BCUT2D eigenvalue weighted by Gasteiger charge is 2.59. The average molecular weight is 357 g/mol. The Hall–Kier alpha value is -2.01. The molecule has 1 aromatic carbocycles. The topological polar surface area (TPSA) is 54.9 Å². The third-order valence-corrected chi connectivity index (χ3v) is 5.47. The minimum Gasteiger partial charge on any atom is -0.489 e. The van der Waals surface area contributed by atoms with Gasteiger partial charge in [0.2, 0.25) is 0 Å². The number of nitrogens with one attached hydrogen (secondary N) is 2. The molecule has 0 radical (unpaired) electrons. The van der Waals surface area contributed by atoms with Crippen LogP contribution >= 0.6 is 0 Å². The second-order valence-electron chi connectivity index (χ2n) is 7.59. The van der Waals surface area contributed by atoms with Crippen molar-refractivity contribution < 1.29 is 9.47 Å². The molecule has 1 heterocycles. The molecule has 1 saturated carbocycles. The van der Waals surface area contributed by atoms with Crippen LogP contribution in [0.2, 0.25) is 0 Å². The largest absolute Gasteiger partial charge is 0.489 e. The van der Waals surface area contributed by atoms with E-state index in [-0.39, 0.29) is 5.41 Å². The van der Waals surface area contributed by atoms with Gasteiger partial charge in [0.25, 0.3) is 0 Å². The van der Waals surface area contributed by atoms with Crippen LogP contribution in [0.15, 0.2) is 41.9 Å². The van der Waals surface area contributed by atoms with Gasteiger partial charge < -0.3 is 20.1 Å². The van der Waals surface area contributed by atoms with Crippen molar-refractivity contribution in [2.24, 2.45) is 16.3 Å². The van der Waals surface area contributed by atoms with Crippen LogP contribution in [-0.2, 0) is 11.3 Å². The number of hydrogen-bond donors (Lipinski definition) is 2. The number of aliphatic imine (C=N–C) groups is 1. The van der Waals surface area contributed by atoms with E-state index < -0.39 is 0 Å². The number of hydrogen-bond acceptors (Lipinski definition) is 3. The lowest BCUT2D eigenvalue weighted by atomic mass is 9.57. The number of guanidine groups is 1. The smallest absolute Gasteiger partial charge is 0.191 e. The van der Waals surface area contributed by atoms with Crippen LogP contribution in [0, 0.1) is 11.3 Å². The lowest BCUT2D eigenvalue weighted by Gasteiger charge is -2.54. The summed E-state index contributed by atoms with van der Waals surface area (Å²) in [7, 11) is 0. The van der Waals surface area contributed by atoms with E-state index in [1.807, 2.05) is 18.2 Å². The molecule has 142 valence electrons. The summed E-state index contributed by atoms with van der Waals surface area (Å²) in [5, 5.41) is 7.02. The molecule has 3 unspecified atom stereocenters. The van der Waals surface area contributed by atoms with Crippen molar-refractivity contribution in [1.82, 2.24) is 10.6 Å². The van der Waals surface area contributed by atoms with Crippen molar-refractivity contribution in [2.45, 2.75) is 45.9 Å². The van der Waals surface area contributed by atoms with E-state index in [1.54, 1.807) is 6.08 Å². The summed E-state index contributed by atoms with van der Waals surface area (Å²) in [4.78, 5) is 4.80. The molecule has 2 N–H and O–H groups in total. The maximum atomic E-state index is 5.90. The number of rotatable bonds is 7. The predicted octanol–water partition coefficient (Wildman–Crippen LogP) is 3.12. The Morgan fingerprint density at radius 1 is 1.42 bits per heavy atom. The van der Waals surface area contributed by atoms with Gasteiger partial charge in [-0.05, 0) is 19.4 Å². The molecule has 0 amide bonds. The molecule has 1 aromatic rings. The van der Waals surface area contributed by atoms with E-state index >= 15 is 0 Å². The van der Waals surface area contributed by atoms with Crippen LogP contribution < -0.4 is 15.4 Å². The van der Waals surface area contributed by atoms with Gasteiger partial charge in [-0.2, -0.15) is 0 Å². The second kappa shape index (κ2) is 8.12. The number of para-hydroxylation sites is 1. The fraction of sp³-hybridized carbons (Fsp3) is 0.571. The van der Waals surface area contributed by atoms with E-state index in [2.05, 4.69) is 44.1 Å². The van der Waals surface area contributed by atoms with E-state index in [0.29, 0.717) is 31.2 Å². The standard InChI is InChI=1S/C21H31N3O2/c1-5-12-25-17-10-8-7-9-15(17)14-23-20(22-6-2)24-18-16-11-13-26-19(16)21(18,3)4/h5,7-10,16,18-19H,1,6,11-14H2,2-4H3,(H2,22,23,24). The highest BCUT2D eigenvalue weighted by atomic mass is 16.5. The number of fused-ring (bicyclic) bond motifs is 1. The van der Waals surface area contributed by atoms with E-state index in [1.165, 1.54) is 0 Å². The highest BCUT2D eigenvalue weighted by Crippen LogP contribution is 2.52. The zero-order valence-electron chi connectivity index (χ0n) is 16.1. The summed E-state index contributed by atoms with van der Waals surface area (Å²) in [5.41, 5.74) is 1.20. The molecule has 0 spiro atoms. The minimum atomic E-state index is 0.127. The maximum Gasteiger partial charge on any atom is 0.191 e. The molecule has 3 atom stereocenters. The molecule has 1 saturated heterocycles. The first kappa shape index (κ1) is 18.8. The van der Waals surface area contributed by atoms with Crippen molar-refractivity contribution in [3.63, 3.8) is 0 Å². The van der Waals surface area contributed by atoms with Crippen LogP contribution in [0.3, 0.4) is 0 Å². The molecule has 5 nitrogen and oxygen atoms in total. The number of benzene rings is 1. The van der Waals surface area contributed by atoms with Gasteiger partial charge in [0.15, 0.2) is 5.96 Å². The van der Waals surface area contributed by atoms with Crippen LogP contribution in [0.4, 0.5) is 0 Å². The Labute approximate surface area is 156 Å². The molecule has 1 aliphatic heterocycles. The zero-order valence-corrected chi connectivity index (χ0v) is 16.1.